The quantitative estimate of drug-likeness (QED) is 0.581. The van der Waals surface area contributed by atoms with Crippen LogP contribution in [0.2, 0.25) is 0 Å². The Balaban J connectivity index is 1.77. The molecule has 3 rings (SSSR count). The molecule has 0 amide bonds. The van der Waals surface area contributed by atoms with Gasteiger partial charge in [-0.3, -0.25) is 0 Å². The van der Waals surface area contributed by atoms with Crippen molar-refractivity contribution in [2.75, 3.05) is 10.6 Å². The maximum atomic E-state index is 3.52. The van der Waals surface area contributed by atoms with Gasteiger partial charge in [-0.05, 0) is 80.3 Å². The second-order valence-corrected chi connectivity index (χ2v) is 6.41. The molecule has 24 heavy (non-hydrogen) atoms. The predicted molar refractivity (Wildman–Crippen MR) is 105 cm³/mol. The van der Waals surface area contributed by atoms with E-state index in [1.54, 1.807) is 0 Å². The van der Waals surface area contributed by atoms with E-state index in [1.807, 2.05) is 0 Å². The van der Waals surface area contributed by atoms with Crippen molar-refractivity contribution in [1.82, 2.24) is 0 Å². The van der Waals surface area contributed by atoms with Crippen molar-refractivity contribution in [2.24, 2.45) is 0 Å². The number of para-hydroxylation sites is 1. The Morgan fingerprint density at radius 2 is 1.17 bits per heavy atom. The Labute approximate surface area is 144 Å². The zero-order valence-corrected chi connectivity index (χ0v) is 14.8. The highest BCUT2D eigenvalue weighted by molar-refractivity contribution is 5.70. The first-order valence-corrected chi connectivity index (χ1v) is 8.30. The van der Waals surface area contributed by atoms with Crippen LogP contribution in [0.25, 0.3) is 0 Å². The van der Waals surface area contributed by atoms with Crippen molar-refractivity contribution in [3.63, 3.8) is 0 Å². The topological polar surface area (TPSA) is 24.1 Å². The summed E-state index contributed by atoms with van der Waals surface area (Å²) in [6.45, 7) is 8.50. The highest BCUT2D eigenvalue weighted by Gasteiger charge is 2.03. The highest BCUT2D eigenvalue weighted by Crippen LogP contribution is 2.27. The van der Waals surface area contributed by atoms with Gasteiger partial charge in [0.15, 0.2) is 0 Å². The standard InChI is InChI=1S/C22H24N2/c1-15-8-9-16(2)21(14-15)23-19-10-12-20(13-11-19)24-22-17(3)6-5-7-18(22)4/h5-14,23-24H,1-4H3. The van der Waals surface area contributed by atoms with Crippen LogP contribution in [0.15, 0.2) is 60.7 Å². The summed E-state index contributed by atoms with van der Waals surface area (Å²) >= 11 is 0. The van der Waals surface area contributed by atoms with E-state index in [1.165, 1.54) is 27.9 Å². The Bertz CT molecular complexity index is 828. The number of hydrogen-bond acceptors (Lipinski definition) is 2. The summed E-state index contributed by atoms with van der Waals surface area (Å²) in [6.07, 6.45) is 0. The molecule has 0 atom stereocenters. The minimum atomic E-state index is 1.09. The lowest BCUT2D eigenvalue weighted by Gasteiger charge is -2.14. The molecule has 3 aromatic carbocycles. The van der Waals surface area contributed by atoms with Crippen LogP contribution in [0.3, 0.4) is 0 Å². The van der Waals surface area contributed by atoms with Gasteiger partial charge in [0, 0.05) is 22.7 Å². The molecule has 0 aliphatic heterocycles. The lowest BCUT2D eigenvalue weighted by molar-refractivity contribution is 1.36. The molecule has 0 heterocycles. The molecule has 2 N–H and O–H groups in total. The Kier molecular flexibility index (Phi) is 4.57. The predicted octanol–water partition coefficient (Wildman–Crippen LogP) is 6.41. The Morgan fingerprint density at radius 1 is 0.583 bits per heavy atom. The van der Waals surface area contributed by atoms with Crippen LogP contribution in [-0.2, 0) is 0 Å². The van der Waals surface area contributed by atoms with Gasteiger partial charge in [0.05, 0.1) is 0 Å². The summed E-state index contributed by atoms with van der Waals surface area (Å²) in [5.74, 6) is 0. The fraction of sp³-hybridized carbons (Fsp3) is 0.182. The molecular weight excluding hydrogens is 292 g/mol. The molecule has 0 bridgehead atoms. The third-order valence-corrected chi connectivity index (χ3v) is 4.31. The van der Waals surface area contributed by atoms with E-state index in [9.17, 15) is 0 Å². The molecule has 0 spiro atoms. The highest BCUT2D eigenvalue weighted by atomic mass is 14.9. The van der Waals surface area contributed by atoms with Crippen molar-refractivity contribution in [3.05, 3.63) is 82.9 Å². The van der Waals surface area contributed by atoms with Gasteiger partial charge in [-0.25, -0.2) is 0 Å². The van der Waals surface area contributed by atoms with E-state index in [2.05, 4.69) is 99.0 Å². The number of anilines is 4. The monoisotopic (exact) mass is 316 g/mol. The second kappa shape index (κ2) is 6.79. The third kappa shape index (κ3) is 3.60. The van der Waals surface area contributed by atoms with Gasteiger partial charge < -0.3 is 10.6 Å². The third-order valence-electron chi connectivity index (χ3n) is 4.31. The van der Waals surface area contributed by atoms with E-state index in [4.69, 9.17) is 0 Å². The Hall–Kier alpha value is -2.74. The first kappa shape index (κ1) is 16.1. The second-order valence-electron chi connectivity index (χ2n) is 6.41. The van der Waals surface area contributed by atoms with E-state index >= 15 is 0 Å². The number of aryl methyl sites for hydroxylation is 4. The van der Waals surface area contributed by atoms with Gasteiger partial charge in [0.2, 0.25) is 0 Å². The zero-order chi connectivity index (χ0) is 17.1. The normalized spacial score (nSPS) is 10.5. The van der Waals surface area contributed by atoms with Gasteiger partial charge in [0.1, 0.15) is 0 Å². The van der Waals surface area contributed by atoms with Gasteiger partial charge in [0.25, 0.3) is 0 Å². The van der Waals surface area contributed by atoms with Gasteiger partial charge >= 0.3 is 0 Å². The number of rotatable bonds is 4. The molecule has 0 aliphatic rings. The molecule has 0 saturated heterocycles. The van der Waals surface area contributed by atoms with Crippen molar-refractivity contribution < 1.29 is 0 Å². The molecule has 3 aromatic rings. The molecule has 0 unspecified atom stereocenters. The fourth-order valence-electron chi connectivity index (χ4n) is 2.82. The van der Waals surface area contributed by atoms with E-state index in [0.717, 1.165) is 17.1 Å². The van der Waals surface area contributed by atoms with Crippen LogP contribution < -0.4 is 10.6 Å². The lowest BCUT2D eigenvalue weighted by Crippen LogP contribution is -1.97. The fourth-order valence-corrected chi connectivity index (χ4v) is 2.82. The molecule has 0 fully saturated rings. The van der Waals surface area contributed by atoms with Crippen molar-refractivity contribution in [2.45, 2.75) is 27.7 Å². The summed E-state index contributed by atoms with van der Waals surface area (Å²) in [5.41, 5.74) is 9.56. The molecule has 0 aliphatic carbocycles. The molecule has 2 heteroatoms. The molecule has 0 saturated carbocycles. The average Bonchev–Trinajstić information content (AvgIpc) is 2.56. The van der Waals surface area contributed by atoms with Crippen LogP contribution in [0.1, 0.15) is 22.3 Å². The molecule has 2 nitrogen and oxygen atoms in total. The minimum absolute atomic E-state index is 1.09. The van der Waals surface area contributed by atoms with Gasteiger partial charge in [-0.15, -0.1) is 0 Å². The number of benzene rings is 3. The van der Waals surface area contributed by atoms with Crippen LogP contribution in [0.4, 0.5) is 22.7 Å². The zero-order valence-electron chi connectivity index (χ0n) is 14.8. The van der Waals surface area contributed by atoms with Crippen molar-refractivity contribution in [1.29, 1.82) is 0 Å². The Morgan fingerprint density at radius 3 is 1.79 bits per heavy atom. The minimum Gasteiger partial charge on any atom is -0.355 e. The molecule has 0 aromatic heterocycles. The summed E-state index contributed by atoms with van der Waals surface area (Å²) in [6, 6.07) is 21.3. The molecule has 0 radical (unpaired) electrons. The smallest absolute Gasteiger partial charge is 0.0443 e. The van der Waals surface area contributed by atoms with Gasteiger partial charge in [-0.1, -0.05) is 30.3 Å². The van der Waals surface area contributed by atoms with E-state index < -0.39 is 0 Å². The SMILES string of the molecule is Cc1ccc(C)c(Nc2ccc(Nc3c(C)cccc3C)cc2)c1. The van der Waals surface area contributed by atoms with Crippen molar-refractivity contribution >= 4 is 22.7 Å². The van der Waals surface area contributed by atoms with Crippen LogP contribution in [0, 0.1) is 27.7 Å². The average molecular weight is 316 g/mol. The van der Waals surface area contributed by atoms with E-state index in [-0.39, 0.29) is 0 Å². The number of hydrogen-bond donors (Lipinski definition) is 2. The first-order valence-electron chi connectivity index (χ1n) is 8.30. The summed E-state index contributed by atoms with van der Waals surface area (Å²) in [4.78, 5) is 0. The first-order chi connectivity index (χ1) is 11.5. The summed E-state index contributed by atoms with van der Waals surface area (Å²) < 4.78 is 0. The summed E-state index contributed by atoms with van der Waals surface area (Å²) in [7, 11) is 0. The number of nitrogens with one attached hydrogen (secondary N) is 2. The molecular formula is C22H24N2. The van der Waals surface area contributed by atoms with Crippen LogP contribution in [0.5, 0.6) is 0 Å². The van der Waals surface area contributed by atoms with Crippen LogP contribution >= 0.6 is 0 Å². The van der Waals surface area contributed by atoms with Gasteiger partial charge in [-0.2, -0.15) is 0 Å². The van der Waals surface area contributed by atoms with E-state index in [0.29, 0.717) is 0 Å². The maximum Gasteiger partial charge on any atom is 0.0443 e. The van der Waals surface area contributed by atoms with Crippen molar-refractivity contribution in [3.8, 4) is 0 Å². The largest absolute Gasteiger partial charge is 0.355 e. The molecule has 122 valence electrons. The van der Waals surface area contributed by atoms with Crippen LogP contribution in [-0.4, -0.2) is 0 Å². The maximum absolute atomic E-state index is 3.52. The lowest BCUT2D eigenvalue weighted by atomic mass is 10.1. The summed E-state index contributed by atoms with van der Waals surface area (Å²) in [5, 5.41) is 7.02.